The number of hydrogen-bond donors (Lipinski definition) is 0. The van der Waals surface area contributed by atoms with Crippen LogP contribution in [0.25, 0.3) is 16.9 Å². The summed E-state index contributed by atoms with van der Waals surface area (Å²) in [5, 5.41) is 0. The topological polar surface area (TPSA) is 25.3 Å². The van der Waals surface area contributed by atoms with Crippen molar-refractivity contribution in [3.63, 3.8) is 0 Å². The molecule has 0 saturated carbocycles. The summed E-state index contributed by atoms with van der Waals surface area (Å²) >= 11 is 0. The summed E-state index contributed by atoms with van der Waals surface area (Å²) in [6, 6.07) is 10.1. The van der Waals surface area contributed by atoms with Crippen molar-refractivity contribution in [2.24, 2.45) is 0 Å². The zero-order chi connectivity index (χ0) is 57.5. The Labute approximate surface area is 500 Å². The van der Waals surface area contributed by atoms with Crippen LogP contribution in [0.4, 0.5) is 0 Å². The van der Waals surface area contributed by atoms with Crippen LogP contribution in [0, 0.1) is 11.8 Å². The summed E-state index contributed by atoms with van der Waals surface area (Å²) in [5.74, 6) is 7.70. The van der Waals surface area contributed by atoms with Crippen LogP contribution < -0.4 is 0 Å². The van der Waals surface area contributed by atoms with Crippen molar-refractivity contribution in [3.8, 4) is 11.8 Å². The van der Waals surface area contributed by atoms with E-state index in [-0.39, 0.29) is 0 Å². The lowest BCUT2D eigenvalue weighted by Crippen LogP contribution is -2.09. The molecule has 0 saturated heterocycles. The maximum atomic E-state index is 13.2. The van der Waals surface area contributed by atoms with E-state index in [9.17, 15) is 5.53 Å². The SMILES string of the molecule is CCCCCCCCCCCCCCCCCCCCCCCCCCCCC#CC1=C(c2cc(CCCCCC)c(CCCCCC)c(CCCCCC)c2)[N+](=[N-])C(c2cc(CCC)c(CCC)c(CCC)c2)=C1CCCCC. The Hall–Kier alpha value is -2.92. The Balaban J connectivity index is 1.76. The van der Waals surface area contributed by atoms with Gasteiger partial charge in [-0.3, -0.25) is 0 Å². The van der Waals surface area contributed by atoms with E-state index in [0.717, 1.165) is 94.0 Å². The molecule has 0 fully saturated rings. The molecule has 3 rings (SSSR count). The van der Waals surface area contributed by atoms with Crippen LogP contribution in [0.3, 0.4) is 0 Å². The molecular formula is C78H132N2. The fourth-order valence-corrected chi connectivity index (χ4v) is 13.2. The molecule has 0 N–H and O–H groups in total. The summed E-state index contributed by atoms with van der Waals surface area (Å²) < 4.78 is 1.67. The van der Waals surface area contributed by atoms with Gasteiger partial charge in [0.25, 0.3) is 0 Å². The van der Waals surface area contributed by atoms with Crippen molar-refractivity contribution in [3.05, 3.63) is 85.5 Å². The van der Waals surface area contributed by atoms with Gasteiger partial charge >= 0.3 is 0 Å². The second-order valence-electron chi connectivity index (χ2n) is 25.4. The molecule has 0 aromatic heterocycles. The maximum Gasteiger partial charge on any atom is 0.223 e. The van der Waals surface area contributed by atoms with Gasteiger partial charge in [-0.05, 0) is 135 Å². The highest BCUT2D eigenvalue weighted by atomic mass is 15.2. The zero-order valence-electron chi connectivity index (χ0n) is 55.0. The van der Waals surface area contributed by atoms with E-state index in [1.54, 1.807) is 27.0 Å². The highest BCUT2D eigenvalue weighted by molar-refractivity contribution is 5.86. The molecule has 0 aliphatic carbocycles. The first kappa shape index (κ1) is 71.3. The van der Waals surface area contributed by atoms with Crippen molar-refractivity contribution in [2.45, 2.75) is 389 Å². The van der Waals surface area contributed by atoms with Crippen LogP contribution >= 0.6 is 0 Å². The second kappa shape index (κ2) is 48.5. The van der Waals surface area contributed by atoms with E-state index in [1.807, 2.05) is 0 Å². The molecule has 0 unspecified atom stereocenters. The van der Waals surface area contributed by atoms with Crippen molar-refractivity contribution >= 4 is 11.4 Å². The van der Waals surface area contributed by atoms with Gasteiger partial charge in [-0.1, -0.05) is 318 Å². The molecule has 2 aromatic carbocycles. The smallest absolute Gasteiger partial charge is 0.223 e. The number of nitrogens with zero attached hydrogens (tertiary/aromatic N) is 2. The average Bonchev–Trinajstić information content (AvgIpc) is 3.77. The Morgan fingerprint density at radius 3 is 0.950 bits per heavy atom. The molecular weight excluding hydrogens is 965 g/mol. The minimum atomic E-state index is 0.925. The van der Waals surface area contributed by atoms with Gasteiger partial charge in [-0.15, -0.1) is 0 Å². The van der Waals surface area contributed by atoms with E-state index < -0.39 is 0 Å². The largest absolute Gasteiger partial charge is 0.493 e. The first-order valence-electron chi connectivity index (χ1n) is 36.2. The summed E-state index contributed by atoms with van der Waals surface area (Å²) in [7, 11) is 0. The molecule has 1 aliphatic rings. The van der Waals surface area contributed by atoms with Crippen LogP contribution in [-0.4, -0.2) is 4.70 Å². The van der Waals surface area contributed by atoms with E-state index in [2.05, 4.69) is 91.5 Å². The third-order valence-corrected chi connectivity index (χ3v) is 18.0. The minimum absolute atomic E-state index is 0.925. The quantitative estimate of drug-likeness (QED) is 0.0358. The normalized spacial score (nSPS) is 12.7. The number of rotatable bonds is 53. The fourth-order valence-electron chi connectivity index (χ4n) is 13.2. The molecule has 0 spiro atoms. The van der Waals surface area contributed by atoms with Crippen molar-refractivity contribution in [1.29, 1.82) is 0 Å². The highest BCUT2D eigenvalue weighted by Crippen LogP contribution is 2.44. The van der Waals surface area contributed by atoms with Crippen LogP contribution in [-0.2, 0) is 38.5 Å². The van der Waals surface area contributed by atoms with Crippen LogP contribution in [0.15, 0.2) is 35.4 Å². The number of hydrogen-bond acceptors (Lipinski definition) is 0. The molecule has 1 heterocycles. The molecule has 0 atom stereocenters. The summed E-state index contributed by atoms with van der Waals surface area (Å²) in [6.45, 7) is 18.6. The fraction of sp³-hybridized carbons (Fsp3) is 0.769. The maximum absolute atomic E-state index is 13.2. The van der Waals surface area contributed by atoms with Crippen molar-refractivity contribution < 1.29 is 4.70 Å². The van der Waals surface area contributed by atoms with Gasteiger partial charge in [-0.2, -0.15) is 0 Å². The number of unbranched alkanes of at least 4 members (excludes halogenated alkanes) is 37. The van der Waals surface area contributed by atoms with Crippen molar-refractivity contribution in [2.75, 3.05) is 0 Å². The molecule has 2 nitrogen and oxygen atoms in total. The Morgan fingerprint density at radius 1 is 0.287 bits per heavy atom. The third-order valence-electron chi connectivity index (χ3n) is 18.0. The number of aryl methyl sites for hydroxylation is 4. The van der Waals surface area contributed by atoms with E-state index in [0.29, 0.717) is 0 Å². The summed E-state index contributed by atoms with van der Waals surface area (Å²) in [4.78, 5) is 0. The highest BCUT2D eigenvalue weighted by Gasteiger charge is 2.36. The van der Waals surface area contributed by atoms with Gasteiger partial charge in [0, 0.05) is 23.1 Å². The molecule has 0 amide bonds. The molecule has 1 aliphatic heterocycles. The first-order chi connectivity index (χ1) is 39.4. The molecule has 454 valence electrons. The van der Waals surface area contributed by atoms with E-state index in [1.165, 1.54) is 285 Å². The Bertz CT molecular complexity index is 1950. The Kier molecular flexibility index (Phi) is 43.2. The predicted molar refractivity (Wildman–Crippen MR) is 358 cm³/mol. The zero-order valence-corrected chi connectivity index (χ0v) is 55.0. The molecule has 2 heteroatoms. The molecule has 0 radical (unpaired) electrons. The van der Waals surface area contributed by atoms with Gasteiger partial charge in [0.15, 0.2) is 0 Å². The standard InChI is InChI=1S/C78H132N2/c1-9-17-22-26-27-28-29-30-31-32-33-34-35-36-37-38-39-40-41-42-43-44-45-46-47-48-49-54-62-76-75(61-50-21-13-5)77(71-63-67(55-14-6)73(57-16-8)68(64-71)56-15-7)80(79)78(76)72-65-69(58-51-23-18-10-2)74(60-53-25-20-12-4)70(66-72)59-52-24-19-11-3/h63-66H,9-53,55-61H2,1-8H3. The summed E-state index contributed by atoms with van der Waals surface area (Å²) in [6.07, 6.45) is 67.8. The van der Waals surface area contributed by atoms with Crippen LogP contribution in [0.5, 0.6) is 0 Å². The van der Waals surface area contributed by atoms with Crippen LogP contribution in [0.2, 0.25) is 0 Å². The van der Waals surface area contributed by atoms with E-state index >= 15 is 0 Å². The van der Waals surface area contributed by atoms with Gasteiger partial charge in [-0.25, -0.2) is 4.70 Å². The lowest BCUT2D eigenvalue weighted by atomic mass is 9.86. The molecule has 0 bridgehead atoms. The Morgan fingerprint density at radius 2 is 0.575 bits per heavy atom. The third kappa shape index (κ3) is 29.1. The monoisotopic (exact) mass is 1100 g/mol. The van der Waals surface area contributed by atoms with Gasteiger partial charge in [0.1, 0.15) is 5.57 Å². The van der Waals surface area contributed by atoms with Gasteiger partial charge < -0.3 is 5.53 Å². The number of benzene rings is 2. The lowest BCUT2D eigenvalue weighted by Gasteiger charge is -2.20. The van der Waals surface area contributed by atoms with Gasteiger partial charge in [0.2, 0.25) is 11.4 Å². The van der Waals surface area contributed by atoms with E-state index in [4.69, 9.17) is 0 Å². The van der Waals surface area contributed by atoms with Crippen LogP contribution in [0.1, 0.15) is 395 Å². The summed E-state index contributed by atoms with van der Waals surface area (Å²) in [5.41, 5.74) is 29.2. The number of allylic oxidation sites excluding steroid dienone is 2. The first-order valence-corrected chi connectivity index (χ1v) is 36.2. The predicted octanol–water partition coefficient (Wildman–Crippen LogP) is 26.2. The lowest BCUT2D eigenvalue weighted by molar-refractivity contribution is -0.345. The average molecular weight is 1100 g/mol. The second-order valence-corrected chi connectivity index (χ2v) is 25.4. The van der Waals surface area contributed by atoms with Crippen molar-refractivity contribution in [1.82, 2.24) is 0 Å². The van der Waals surface area contributed by atoms with Gasteiger partial charge in [0.05, 0.1) is 0 Å². The minimum Gasteiger partial charge on any atom is -0.493 e. The molecule has 80 heavy (non-hydrogen) atoms. The molecule has 2 aromatic rings.